The third-order valence-electron chi connectivity index (χ3n) is 3.34. The quantitative estimate of drug-likeness (QED) is 0.614. The second-order valence-corrected chi connectivity index (χ2v) is 5.27. The molecule has 0 saturated carbocycles. The number of hydrogen-bond acceptors (Lipinski definition) is 6. The number of carbonyl (C=O) groups excluding carboxylic acids is 3. The van der Waals surface area contributed by atoms with Crippen molar-refractivity contribution < 1.29 is 28.6 Å². The van der Waals surface area contributed by atoms with Gasteiger partial charge in [0.15, 0.2) is 17.1 Å². The first kappa shape index (κ1) is 15.8. The molecule has 0 radical (unpaired) electrons. The van der Waals surface area contributed by atoms with E-state index in [-0.39, 0.29) is 6.54 Å². The van der Waals surface area contributed by atoms with E-state index in [1.165, 1.54) is 31.3 Å². The van der Waals surface area contributed by atoms with E-state index < -0.39 is 17.5 Å². The number of hydrogen-bond donors (Lipinski definition) is 0. The number of esters is 1. The molecule has 0 spiro atoms. The van der Waals surface area contributed by atoms with Crippen molar-refractivity contribution in [2.75, 3.05) is 25.7 Å². The first-order valence-electron chi connectivity index (χ1n) is 6.59. The molecule has 1 heterocycles. The Morgan fingerprint density at radius 1 is 1.36 bits per heavy atom. The lowest BCUT2D eigenvalue weighted by molar-refractivity contribution is -0.142. The SMILES string of the molecule is COC(=O)CN1C(=O)C(C)(C)Oc2c(OC)cc(C=O)cc21. The van der Waals surface area contributed by atoms with Crippen molar-refractivity contribution in [2.24, 2.45) is 0 Å². The van der Waals surface area contributed by atoms with E-state index in [9.17, 15) is 14.4 Å². The van der Waals surface area contributed by atoms with E-state index in [1.54, 1.807) is 13.8 Å². The molecule has 1 aliphatic heterocycles. The van der Waals surface area contributed by atoms with E-state index in [1.807, 2.05) is 0 Å². The predicted molar refractivity (Wildman–Crippen MR) is 77.5 cm³/mol. The highest BCUT2D eigenvalue weighted by molar-refractivity contribution is 6.06. The summed E-state index contributed by atoms with van der Waals surface area (Å²) in [6.45, 7) is 2.91. The molecule has 0 unspecified atom stereocenters. The van der Waals surface area contributed by atoms with Crippen molar-refractivity contribution in [3.05, 3.63) is 17.7 Å². The van der Waals surface area contributed by atoms with Crippen LogP contribution in [0, 0.1) is 0 Å². The van der Waals surface area contributed by atoms with Gasteiger partial charge in [-0.05, 0) is 26.0 Å². The molecule has 0 aromatic heterocycles. The zero-order chi connectivity index (χ0) is 16.5. The molecule has 2 rings (SSSR count). The standard InChI is InChI=1S/C15H17NO6/c1-15(2)14(19)16(7-12(18)21-4)10-5-9(8-17)6-11(20-3)13(10)22-15/h5-6,8H,7H2,1-4H3. The lowest BCUT2D eigenvalue weighted by Crippen LogP contribution is -2.54. The van der Waals surface area contributed by atoms with E-state index in [0.717, 1.165) is 0 Å². The number of aldehydes is 1. The Morgan fingerprint density at radius 2 is 2.05 bits per heavy atom. The summed E-state index contributed by atoms with van der Waals surface area (Å²) < 4.78 is 15.6. The summed E-state index contributed by atoms with van der Waals surface area (Å²) in [6, 6.07) is 2.98. The van der Waals surface area contributed by atoms with Crippen LogP contribution in [0.3, 0.4) is 0 Å². The maximum atomic E-state index is 12.5. The topological polar surface area (TPSA) is 82.1 Å². The normalized spacial score (nSPS) is 15.6. The van der Waals surface area contributed by atoms with Gasteiger partial charge in [-0.25, -0.2) is 0 Å². The highest BCUT2D eigenvalue weighted by Gasteiger charge is 2.43. The van der Waals surface area contributed by atoms with E-state index in [4.69, 9.17) is 9.47 Å². The van der Waals surface area contributed by atoms with Gasteiger partial charge in [-0.1, -0.05) is 0 Å². The average Bonchev–Trinajstić information content (AvgIpc) is 2.50. The highest BCUT2D eigenvalue weighted by atomic mass is 16.5. The van der Waals surface area contributed by atoms with Gasteiger partial charge in [0.05, 0.1) is 19.9 Å². The summed E-state index contributed by atoms with van der Waals surface area (Å²) in [6.07, 6.45) is 0.628. The fraction of sp³-hybridized carbons (Fsp3) is 0.400. The molecule has 0 N–H and O–H groups in total. The second-order valence-electron chi connectivity index (χ2n) is 5.27. The van der Waals surface area contributed by atoms with Crippen LogP contribution in [0.5, 0.6) is 11.5 Å². The third kappa shape index (κ3) is 2.61. The third-order valence-corrected chi connectivity index (χ3v) is 3.34. The molecule has 7 heteroatoms. The van der Waals surface area contributed by atoms with Gasteiger partial charge in [-0.15, -0.1) is 0 Å². The molecule has 0 aliphatic carbocycles. The van der Waals surface area contributed by atoms with Crippen LogP contribution in [0.15, 0.2) is 12.1 Å². The maximum absolute atomic E-state index is 12.5. The summed E-state index contributed by atoms with van der Waals surface area (Å²) in [7, 11) is 2.67. The minimum atomic E-state index is -1.17. The molecule has 0 bridgehead atoms. The first-order valence-corrected chi connectivity index (χ1v) is 6.59. The smallest absolute Gasteiger partial charge is 0.325 e. The lowest BCUT2D eigenvalue weighted by Gasteiger charge is -2.38. The van der Waals surface area contributed by atoms with Crippen molar-refractivity contribution in [1.29, 1.82) is 0 Å². The van der Waals surface area contributed by atoms with Gasteiger partial charge in [0.25, 0.3) is 5.91 Å². The fourth-order valence-electron chi connectivity index (χ4n) is 2.21. The number of amides is 1. The van der Waals surface area contributed by atoms with Crippen LogP contribution < -0.4 is 14.4 Å². The zero-order valence-electron chi connectivity index (χ0n) is 12.8. The molecule has 0 fully saturated rings. The number of nitrogens with zero attached hydrogens (tertiary/aromatic N) is 1. The summed E-state index contributed by atoms with van der Waals surface area (Å²) in [5, 5.41) is 0. The van der Waals surface area contributed by atoms with Crippen LogP contribution in [0.1, 0.15) is 24.2 Å². The number of anilines is 1. The van der Waals surface area contributed by atoms with Gasteiger partial charge >= 0.3 is 5.97 Å². The Labute approximate surface area is 127 Å². The van der Waals surface area contributed by atoms with Gasteiger partial charge in [0.1, 0.15) is 12.8 Å². The first-order chi connectivity index (χ1) is 10.3. The van der Waals surface area contributed by atoms with Crippen molar-refractivity contribution in [3.8, 4) is 11.5 Å². The van der Waals surface area contributed by atoms with Crippen molar-refractivity contribution in [2.45, 2.75) is 19.4 Å². The minimum Gasteiger partial charge on any atom is -0.493 e. The second kappa shape index (κ2) is 5.67. The number of carbonyl (C=O) groups is 3. The molecular weight excluding hydrogens is 290 g/mol. The summed E-state index contributed by atoms with van der Waals surface area (Å²) >= 11 is 0. The number of fused-ring (bicyclic) bond motifs is 1. The summed E-state index contributed by atoms with van der Waals surface area (Å²) in [5.74, 6) is -0.361. The molecule has 0 atom stereocenters. The van der Waals surface area contributed by atoms with Gasteiger partial charge < -0.3 is 14.2 Å². The Morgan fingerprint density at radius 3 is 2.59 bits per heavy atom. The van der Waals surface area contributed by atoms with Crippen molar-refractivity contribution in [1.82, 2.24) is 0 Å². The molecule has 1 aliphatic rings. The molecule has 118 valence electrons. The predicted octanol–water partition coefficient (Wildman–Crippen LogP) is 1.18. The van der Waals surface area contributed by atoms with Crippen molar-refractivity contribution >= 4 is 23.9 Å². The van der Waals surface area contributed by atoms with Gasteiger partial charge in [-0.2, -0.15) is 0 Å². The molecular formula is C15H17NO6. The summed E-state index contributed by atoms with van der Waals surface area (Å²) in [5.41, 5.74) is -0.561. The molecule has 1 aromatic rings. The van der Waals surface area contributed by atoms with Gasteiger partial charge in [-0.3, -0.25) is 19.3 Å². The number of benzene rings is 1. The van der Waals surface area contributed by atoms with Gasteiger partial charge in [0.2, 0.25) is 0 Å². The van der Waals surface area contributed by atoms with Crippen LogP contribution in [-0.4, -0.2) is 44.5 Å². The van der Waals surface area contributed by atoms with E-state index in [2.05, 4.69) is 4.74 Å². The van der Waals surface area contributed by atoms with Gasteiger partial charge in [0, 0.05) is 5.56 Å². The number of methoxy groups -OCH3 is 2. The molecule has 22 heavy (non-hydrogen) atoms. The maximum Gasteiger partial charge on any atom is 0.325 e. The Bertz CT molecular complexity index is 637. The fourth-order valence-corrected chi connectivity index (χ4v) is 2.21. The molecule has 7 nitrogen and oxygen atoms in total. The Kier molecular flexibility index (Phi) is 4.07. The number of rotatable bonds is 4. The number of ether oxygens (including phenoxy) is 3. The Hall–Kier alpha value is -2.57. The van der Waals surface area contributed by atoms with Crippen LogP contribution >= 0.6 is 0 Å². The van der Waals surface area contributed by atoms with Crippen LogP contribution in [0.2, 0.25) is 0 Å². The summed E-state index contributed by atoms with van der Waals surface area (Å²) in [4.78, 5) is 36.4. The molecule has 1 aromatic carbocycles. The Balaban J connectivity index is 2.62. The molecule has 1 amide bonds. The lowest BCUT2D eigenvalue weighted by atomic mass is 10.0. The highest BCUT2D eigenvalue weighted by Crippen LogP contribution is 2.44. The monoisotopic (exact) mass is 307 g/mol. The van der Waals surface area contributed by atoms with E-state index >= 15 is 0 Å². The average molecular weight is 307 g/mol. The van der Waals surface area contributed by atoms with Crippen molar-refractivity contribution in [3.63, 3.8) is 0 Å². The molecule has 0 saturated heterocycles. The minimum absolute atomic E-state index is 0.277. The van der Waals surface area contributed by atoms with Crippen LogP contribution in [0.4, 0.5) is 5.69 Å². The van der Waals surface area contributed by atoms with Crippen LogP contribution in [0.25, 0.3) is 0 Å². The van der Waals surface area contributed by atoms with E-state index in [0.29, 0.717) is 29.0 Å². The largest absolute Gasteiger partial charge is 0.493 e. The zero-order valence-corrected chi connectivity index (χ0v) is 12.8. The van der Waals surface area contributed by atoms with Crippen LogP contribution in [-0.2, 0) is 14.3 Å².